The molecule has 0 unspecified atom stereocenters. The first kappa shape index (κ1) is 27.3. The van der Waals surface area contributed by atoms with Gasteiger partial charge in [-0.15, -0.1) is 5.10 Å². The number of para-hydroxylation sites is 1. The number of aromatic nitrogens is 3. The van der Waals surface area contributed by atoms with E-state index >= 15 is 0 Å². The lowest BCUT2D eigenvalue weighted by Gasteiger charge is -2.28. The Morgan fingerprint density at radius 1 is 1.03 bits per heavy atom. The van der Waals surface area contributed by atoms with Gasteiger partial charge in [0.2, 0.25) is 5.91 Å². The highest BCUT2D eigenvalue weighted by Gasteiger charge is 2.27. The molecule has 9 heteroatoms. The number of likely N-dealkylation sites (N-methyl/N-ethyl adjacent to an activating group) is 1. The second kappa shape index (κ2) is 12.2. The first-order valence-electron chi connectivity index (χ1n) is 13.2. The molecule has 0 atom stereocenters. The van der Waals surface area contributed by atoms with Crippen molar-refractivity contribution in [2.45, 2.75) is 40.2 Å². The van der Waals surface area contributed by atoms with Crippen molar-refractivity contribution in [3.05, 3.63) is 65.5 Å². The van der Waals surface area contributed by atoms with E-state index in [2.05, 4.69) is 36.1 Å². The van der Waals surface area contributed by atoms with E-state index in [1.54, 1.807) is 11.8 Å². The summed E-state index contributed by atoms with van der Waals surface area (Å²) >= 11 is 0. The number of carbonyl (C=O) groups excluding carboxylic acids is 2. The third-order valence-corrected chi connectivity index (χ3v) is 6.88. The van der Waals surface area contributed by atoms with Gasteiger partial charge in [0, 0.05) is 44.4 Å². The molecule has 9 nitrogen and oxygen atoms in total. The van der Waals surface area contributed by atoms with Gasteiger partial charge in [-0.2, -0.15) is 0 Å². The van der Waals surface area contributed by atoms with Crippen LogP contribution in [0.25, 0.3) is 5.69 Å². The Bertz CT molecular complexity index is 1270. The SMILES string of the molecule is COc1cccc(-n2nnc(C(=O)N3CCN(C)CCCN(C(=O)CC(C)C)c4ccccc4C3)c2C)c1. The highest BCUT2D eigenvalue weighted by molar-refractivity contribution is 5.95. The Kier molecular flexibility index (Phi) is 8.78. The maximum absolute atomic E-state index is 13.9. The number of carbonyl (C=O) groups is 2. The fourth-order valence-corrected chi connectivity index (χ4v) is 4.77. The minimum absolute atomic E-state index is 0.115. The van der Waals surface area contributed by atoms with Gasteiger partial charge in [-0.1, -0.05) is 43.3 Å². The molecule has 1 aliphatic rings. The molecule has 0 saturated heterocycles. The number of methoxy groups -OCH3 is 1. The molecule has 0 aliphatic carbocycles. The number of rotatable bonds is 5. The van der Waals surface area contributed by atoms with Crippen LogP contribution in [0, 0.1) is 12.8 Å². The van der Waals surface area contributed by atoms with Crippen LogP contribution in [0.1, 0.15) is 48.4 Å². The largest absolute Gasteiger partial charge is 0.497 e. The van der Waals surface area contributed by atoms with Gasteiger partial charge in [0.25, 0.3) is 5.91 Å². The zero-order valence-corrected chi connectivity index (χ0v) is 23.1. The van der Waals surface area contributed by atoms with Gasteiger partial charge in [-0.05, 0) is 56.6 Å². The van der Waals surface area contributed by atoms with Crippen LogP contribution in [0.5, 0.6) is 5.75 Å². The van der Waals surface area contributed by atoms with Crippen LogP contribution in [0.15, 0.2) is 48.5 Å². The van der Waals surface area contributed by atoms with Crippen LogP contribution in [0.3, 0.4) is 0 Å². The van der Waals surface area contributed by atoms with E-state index in [0.29, 0.717) is 43.2 Å². The quantitative estimate of drug-likeness (QED) is 0.509. The molecular formula is C29H38N6O3. The van der Waals surface area contributed by atoms with Crippen molar-refractivity contribution in [3.8, 4) is 11.4 Å². The lowest BCUT2D eigenvalue weighted by molar-refractivity contribution is -0.119. The molecule has 2 heterocycles. The minimum Gasteiger partial charge on any atom is -0.497 e. The molecule has 2 amide bonds. The molecule has 0 spiro atoms. The fourth-order valence-electron chi connectivity index (χ4n) is 4.77. The third-order valence-electron chi connectivity index (χ3n) is 6.88. The molecule has 0 bridgehead atoms. The summed E-state index contributed by atoms with van der Waals surface area (Å²) in [6.07, 6.45) is 1.34. The van der Waals surface area contributed by atoms with Crippen LogP contribution in [0.4, 0.5) is 5.69 Å². The van der Waals surface area contributed by atoms with Crippen molar-refractivity contribution >= 4 is 17.5 Å². The van der Waals surface area contributed by atoms with Crippen LogP contribution in [-0.2, 0) is 11.3 Å². The lowest BCUT2D eigenvalue weighted by atomic mass is 10.1. The van der Waals surface area contributed by atoms with Gasteiger partial charge in [0.05, 0.1) is 18.5 Å². The average molecular weight is 519 g/mol. The van der Waals surface area contributed by atoms with Gasteiger partial charge in [0.1, 0.15) is 5.75 Å². The molecule has 202 valence electrons. The van der Waals surface area contributed by atoms with E-state index in [-0.39, 0.29) is 17.7 Å². The Balaban J connectivity index is 1.68. The Morgan fingerprint density at radius 3 is 2.58 bits per heavy atom. The standard InChI is InChI=1S/C29H38N6O3/c1-21(2)18-27(36)34-15-9-14-32(4)16-17-33(20-23-10-6-7-13-26(23)34)29(37)28-22(3)35(31-30-28)24-11-8-12-25(19-24)38-5/h6-8,10-13,19,21H,9,14-18,20H2,1-5H3. The van der Waals surface area contributed by atoms with Gasteiger partial charge < -0.3 is 19.4 Å². The van der Waals surface area contributed by atoms with E-state index in [0.717, 1.165) is 36.4 Å². The summed E-state index contributed by atoms with van der Waals surface area (Å²) in [5.74, 6) is 0.904. The van der Waals surface area contributed by atoms with E-state index in [4.69, 9.17) is 4.74 Å². The first-order valence-corrected chi connectivity index (χ1v) is 13.2. The van der Waals surface area contributed by atoms with Crippen molar-refractivity contribution in [3.63, 3.8) is 0 Å². The summed E-state index contributed by atoms with van der Waals surface area (Å²) < 4.78 is 7.01. The smallest absolute Gasteiger partial charge is 0.276 e. The van der Waals surface area contributed by atoms with Crippen molar-refractivity contribution in [2.24, 2.45) is 5.92 Å². The number of nitrogens with zero attached hydrogens (tertiary/aromatic N) is 6. The monoisotopic (exact) mass is 518 g/mol. The van der Waals surface area contributed by atoms with E-state index in [1.165, 1.54) is 0 Å². The predicted molar refractivity (Wildman–Crippen MR) is 148 cm³/mol. The molecule has 2 aromatic carbocycles. The first-order chi connectivity index (χ1) is 18.3. The van der Waals surface area contributed by atoms with Gasteiger partial charge in [-0.3, -0.25) is 9.59 Å². The van der Waals surface area contributed by atoms with Crippen molar-refractivity contribution < 1.29 is 14.3 Å². The number of ether oxygens (including phenoxy) is 1. The maximum Gasteiger partial charge on any atom is 0.276 e. The molecule has 1 aliphatic heterocycles. The van der Waals surface area contributed by atoms with Gasteiger partial charge in [-0.25, -0.2) is 4.68 Å². The zero-order valence-electron chi connectivity index (χ0n) is 23.1. The second-order valence-corrected chi connectivity index (χ2v) is 10.3. The number of anilines is 1. The van der Waals surface area contributed by atoms with Crippen LogP contribution in [-0.4, -0.2) is 76.9 Å². The van der Waals surface area contributed by atoms with Gasteiger partial charge in [0.15, 0.2) is 5.69 Å². The second-order valence-electron chi connectivity index (χ2n) is 10.3. The number of benzene rings is 2. The topological polar surface area (TPSA) is 83.8 Å². The summed E-state index contributed by atoms with van der Waals surface area (Å²) in [7, 11) is 3.67. The molecule has 3 aromatic rings. The molecule has 0 fully saturated rings. The average Bonchev–Trinajstić information content (AvgIpc) is 3.28. The summed E-state index contributed by atoms with van der Waals surface area (Å²) in [5, 5.41) is 8.58. The maximum atomic E-state index is 13.9. The Labute approximate surface area is 225 Å². The normalized spacial score (nSPS) is 15.2. The molecular weight excluding hydrogens is 480 g/mol. The van der Waals surface area contributed by atoms with Gasteiger partial charge >= 0.3 is 0 Å². The Morgan fingerprint density at radius 2 is 1.82 bits per heavy atom. The summed E-state index contributed by atoms with van der Waals surface area (Å²) in [6.45, 7) is 9.09. The predicted octanol–water partition coefficient (Wildman–Crippen LogP) is 3.94. The van der Waals surface area contributed by atoms with Crippen molar-refractivity contribution in [2.75, 3.05) is 45.2 Å². The van der Waals surface area contributed by atoms with E-state index in [9.17, 15) is 9.59 Å². The number of hydrogen-bond acceptors (Lipinski definition) is 6. The highest BCUT2D eigenvalue weighted by Crippen LogP contribution is 2.26. The van der Waals surface area contributed by atoms with E-state index < -0.39 is 0 Å². The lowest BCUT2D eigenvalue weighted by Crippen LogP contribution is -2.38. The van der Waals surface area contributed by atoms with Crippen LogP contribution >= 0.6 is 0 Å². The molecule has 0 N–H and O–H groups in total. The minimum atomic E-state index is -0.181. The fraction of sp³-hybridized carbons (Fsp3) is 0.448. The number of amides is 2. The van der Waals surface area contributed by atoms with Crippen LogP contribution < -0.4 is 9.64 Å². The van der Waals surface area contributed by atoms with Crippen molar-refractivity contribution in [1.82, 2.24) is 24.8 Å². The number of fused-ring (bicyclic) bond motifs is 1. The third kappa shape index (κ3) is 6.22. The zero-order chi connectivity index (χ0) is 27.2. The molecule has 0 saturated carbocycles. The molecule has 38 heavy (non-hydrogen) atoms. The summed E-state index contributed by atoms with van der Waals surface area (Å²) in [5.41, 5.74) is 3.57. The van der Waals surface area contributed by atoms with E-state index in [1.807, 2.05) is 65.3 Å². The molecule has 0 radical (unpaired) electrons. The highest BCUT2D eigenvalue weighted by atomic mass is 16.5. The van der Waals surface area contributed by atoms with Crippen molar-refractivity contribution in [1.29, 1.82) is 0 Å². The Hall–Kier alpha value is -3.72. The molecule has 1 aromatic heterocycles. The molecule has 4 rings (SSSR count). The summed E-state index contributed by atoms with van der Waals surface area (Å²) in [4.78, 5) is 33.1. The number of hydrogen-bond donors (Lipinski definition) is 0. The summed E-state index contributed by atoms with van der Waals surface area (Å²) in [6, 6.07) is 15.4. The van der Waals surface area contributed by atoms with Crippen LogP contribution in [0.2, 0.25) is 0 Å².